The van der Waals surface area contributed by atoms with Crippen LogP contribution in [0.5, 0.6) is 0 Å². The van der Waals surface area contributed by atoms with Crippen LogP contribution in [0, 0.1) is 0 Å². The number of benzene rings is 1. The molecule has 0 aliphatic carbocycles. The number of hydrogen-bond acceptors (Lipinski definition) is 2. The molecule has 2 unspecified atom stereocenters. The summed E-state index contributed by atoms with van der Waals surface area (Å²) in [5, 5.41) is 0. The summed E-state index contributed by atoms with van der Waals surface area (Å²) in [4.78, 5) is 16.2. The fourth-order valence-electron chi connectivity index (χ4n) is 2.31. The number of anilines is 1. The molecule has 0 radical (unpaired) electrons. The highest BCUT2D eigenvalue weighted by atomic mass is 35.5. The van der Waals surface area contributed by atoms with Crippen LogP contribution in [0.4, 0.5) is 5.69 Å². The Morgan fingerprint density at radius 2 is 1.82 bits per heavy atom. The molecule has 17 heavy (non-hydrogen) atoms. The Hall–Kier alpha value is -1.06. The van der Waals surface area contributed by atoms with E-state index < -0.39 is 0 Å². The highest BCUT2D eigenvalue weighted by Crippen LogP contribution is 2.27. The summed E-state index contributed by atoms with van der Waals surface area (Å²) in [6.07, 6.45) is 0.903. The molecule has 2 atom stereocenters. The van der Waals surface area contributed by atoms with E-state index in [1.165, 1.54) is 0 Å². The minimum atomic E-state index is 0. The van der Waals surface area contributed by atoms with E-state index in [9.17, 15) is 4.79 Å². The van der Waals surface area contributed by atoms with Gasteiger partial charge < -0.3 is 4.90 Å². The number of amides is 1. The topological polar surface area (TPSA) is 23.6 Å². The van der Waals surface area contributed by atoms with Crippen LogP contribution in [0.3, 0.4) is 0 Å². The van der Waals surface area contributed by atoms with Crippen LogP contribution in [0.1, 0.15) is 13.3 Å². The quantitative estimate of drug-likeness (QED) is 0.808. The Balaban J connectivity index is 0.00000144. The summed E-state index contributed by atoms with van der Waals surface area (Å²) in [5.41, 5.74) is 1.00. The van der Waals surface area contributed by atoms with E-state index in [-0.39, 0.29) is 30.4 Å². The van der Waals surface area contributed by atoms with Crippen molar-refractivity contribution >= 4 is 24.0 Å². The number of likely N-dealkylation sites (N-methyl/N-ethyl adjacent to an activating group) is 1. The van der Waals surface area contributed by atoms with E-state index in [1.807, 2.05) is 54.2 Å². The van der Waals surface area contributed by atoms with Gasteiger partial charge in [0.1, 0.15) is 0 Å². The maximum absolute atomic E-state index is 12.2. The van der Waals surface area contributed by atoms with E-state index in [2.05, 4.69) is 6.92 Å². The summed E-state index contributed by atoms with van der Waals surface area (Å²) in [6, 6.07) is 10.2. The number of carbonyl (C=O) groups is 1. The van der Waals surface area contributed by atoms with Crippen molar-refractivity contribution in [2.45, 2.75) is 25.4 Å². The van der Waals surface area contributed by atoms with Crippen LogP contribution in [-0.2, 0) is 4.79 Å². The second-order valence-corrected chi connectivity index (χ2v) is 4.61. The third-order valence-electron chi connectivity index (χ3n) is 3.19. The normalized spacial score (nSPS) is 24.0. The zero-order valence-corrected chi connectivity index (χ0v) is 11.3. The molecule has 0 saturated carbocycles. The van der Waals surface area contributed by atoms with Crippen molar-refractivity contribution in [1.82, 2.24) is 4.90 Å². The average Bonchev–Trinajstić information content (AvgIpc) is 2.56. The van der Waals surface area contributed by atoms with Crippen LogP contribution >= 0.6 is 12.4 Å². The minimum Gasteiger partial charge on any atom is -0.308 e. The second kappa shape index (κ2) is 5.52. The first-order valence-electron chi connectivity index (χ1n) is 5.66. The Kier molecular flexibility index (Phi) is 4.54. The molecular formula is C13H19ClN2O. The fraction of sp³-hybridized carbons (Fsp3) is 0.462. The number of rotatable bonds is 2. The lowest BCUT2D eigenvalue weighted by Gasteiger charge is -2.22. The van der Waals surface area contributed by atoms with Gasteiger partial charge >= 0.3 is 0 Å². The van der Waals surface area contributed by atoms with E-state index in [1.54, 1.807) is 0 Å². The molecule has 2 rings (SSSR count). The molecule has 0 aromatic heterocycles. The number of carbonyl (C=O) groups excluding carboxylic acids is 1. The third kappa shape index (κ3) is 2.61. The highest BCUT2D eigenvalue weighted by molar-refractivity contribution is 6.00. The largest absolute Gasteiger partial charge is 0.308 e. The molecule has 1 amide bonds. The number of halogens is 1. The Morgan fingerprint density at radius 3 is 2.29 bits per heavy atom. The first kappa shape index (κ1) is 14.0. The molecule has 1 saturated heterocycles. The molecule has 1 aliphatic heterocycles. The SMILES string of the molecule is CC1CC(N(C)C)C(=O)N1c1ccccc1.Cl. The molecule has 1 aliphatic rings. The van der Waals surface area contributed by atoms with Gasteiger partial charge in [0.15, 0.2) is 0 Å². The standard InChI is InChI=1S/C13H18N2O.ClH/c1-10-9-12(14(2)3)13(16)15(10)11-7-5-4-6-8-11;/h4-8,10,12H,9H2,1-3H3;1H. The van der Waals surface area contributed by atoms with Crippen molar-refractivity contribution in [2.24, 2.45) is 0 Å². The van der Waals surface area contributed by atoms with Crippen molar-refractivity contribution in [2.75, 3.05) is 19.0 Å². The Bertz CT molecular complexity index is 380. The second-order valence-electron chi connectivity index (χ2n) is 4.61. The highest BCUT2D eigenvalue weighted by Gasteiger charge is 2.38. The van der Waals surface area contributed by atoms with Gasteiger partial charge in [0.25, 0.3) is 0 Å². The van der Waals surface area contributed by atoms with E-state index in [0.717, 1.165) is 12.1 Å². The lowest BCUT2D eigenvalue weighted by atomic mass is 10.2. The summed E-state index contributed by atoms with van der Waals surface area (Å²) < 4.78 is 0. The summed E-state index contributed by atoms with van der Waals surface area (Å²) in [5.74, 6) is 0.212. The maximum atomic E-state index is 12.2. The molecule has 1 heterocycles. The number of hydrogen-bond donors (Lipinski definition) is 0. The van der Waals surface area contributed by atoms with Crippen LogP contribution in [-0.4, -0.2) is 37.0 Å². The number of nitrogens with zero attached hydrogens (tertiary/aromatic N) is 2. The zero-order valence-electron chi connectivity index (χ0n) is 10.5. The zero-order chi connectivity index (χ0) is 11.7. The molecule has 0 N–H and O–H groups in total. The molecule has 4 heteroatoms. The van der Waals surface area contributed by atoms with Gasteiger partial charge in [0.05, 0.1) is 6.04 Å². The molecule has 1 aromatic carbocycles. The lowest BCUT2D eigenvalue weighted by molar-refractivity contribution is -0.120. The summed E-state index contributed by atoms with van der Waals surface area (Å²) in [6.45, 7) is 2.11. The summed E-state index contributed by atoms with van der Waals surface area (Å²) in [7, 11) is 3.92. The van der Waals surface area contributed by atoms with Gasteiger partial charge in [-0.05, 0) is 39.6 Å². The first-order valence-corrected chi connectivity index (χ1v) is 5.66. The van der Waals surface area contributed by atoms with Crippen LogP contribution in [0.2, 0.25) is 0 Å². The maximum Gasteiger partial charge on any atom is 0.244 e. The molecule has 0 bridgehead atoms. The van der Waals surface area contributed by atoms with Crippen molar-refractivity contribution in [3.8, 4) is 0 Å². The van der Waals surface area contributed by atoms with Gasteiger partial charge in [-0.1, -0.05) is 18.2 Å². The van der Waals surface area contributed by atoms with Gasteiger partial charge in [0.2, 0.25) is 5.91 Å². The first-order chi connectivity index (χ1) is 7.61. The minimum absolute atomic E-state index is 0. The monoisotopic (exact) mass is 254 g/mol. The predicted octanol–water partition coefficient (Wildman–Crippen LogP) is 2.16. The van der Waals surface area contributed by atoms with Gasteiger partial charge in [-0.25, -0.2) is 0 Å². The van der Waals surface area contributed by atoms with Crippen molar-refractivity contribution in [3.63, 3.8) is 0 Å². The summed E-state index contributed by atoms with van der Waals surface area (Å²) >= 11 is 0. The molecular weight excluding hydrogens is 236 g/mol. The number of para-hydroxylation sites is 1. The molecule has 0 spiro atoms. The lowest BCUT2D eigenvalue weighted by Crippen LogP contribution is -2.38. The molecule has 1 aromatic rings. The van der Waals surface area contributed by atoms with E-state index >= 15 is 0 Å². The fourth-order valence-corrected chi connectivity index (χ4v) is 2.31. The Labute approximate surface area is 109 Å². The third-order valence-corrected chi connectivity index (χ3v) is 3.19. The van der Waals surface area contributed by atoms with Gasteiger partial charge in [-0.15, -0.1) is 12.4 Å². The van der Waals surface area contributed by atoms with E-state index in [4.69, 9.17) is 0 Å². The van der Waals surface area contributed by atoms with Crippen LogP contribution in [0.25, 0.3) is 0 Å². The molecule has 94 valence electrons. The van der Waals surface area contributed by atoms with Crippen LogP contribution < -0.4 is 4.90 Å². The van der Waals surface area contributed by atoms with Crippen molar-refractivity contribution in [3.05, 3.63) is 30.3 Å². The average molecular weight is 255 g/mol. The van der Waals surface area contributed by atoms with Crippen LogP contribution in [0.15, 0.2) is 30.3 Å². The Morgan fingerprint density at radius 1 is 1.24 bits per heavy atom. The van der Waals surface area contributed by atoms with Crippen molar-refractivity contribution < 1.29 is 4.79 Å². The van der Waals surface area contributed by atoms with Gasteiger partial charge in [-0.3, -0.25) is 9.69 Å². The van der Waals surface area contributed by atoms with Gasteiger partial charge in [0, 0.05) is 11.7 Å². The van der Waals surface area contributed by atoms with Gasteiger partial charge in [-0.2, -0.15) is 0 Å². The molecule has 1 fully saturated rings. The van der Waals surface area contributed by atoms with E-state index in [0.29, 0.717) is 0 Å². The predicted molar refractivity (Wildman–Crippen MR) is 72.7 cm³/mol. The molecule has 3 nitrogen and oxygen atoms in total. The smallest absolute Gasteiger partial charge is 0.244 e. The van der Waals surface area contributed by atoms with Crippen molar-refractivity contribution in [1.29, 1.82) is 0 Å².